The normalized spacial score (nSPS) is 13.6. The molecule has 0 N–H and O–H groups in total. The van der Waals surface area contributed by atoms with E-state index in [0.717, 1.165) is 18.5 Å². The lowest BCUT2D eigenvalue weighted by Gasteiger charge is -2.29. The molecule has 0 aliphatic carbocycles. The fraction of sp³-hybridized carbons (Fsp3) is 0.185. The van der Waals surface area contributed by atoms with Gasteiger partial charge in [-0.15, -0.1) is 11.3 Å². The van der Waals surface area contributed by atoms with Crippen LogP contribution in [0.25, 0.3) is 33.1 Å². The van der Waals surface area contributed by atoms with E-state index >= 15 is 0 Å². The summed E-state index contributed by atoms with van der Waals surface area (Å²) >= 11 is 1.73. The second-order valence-electron chi connectivity index (χ2n) is 8.38. The molecular weight excluding hydrogens is 466 g/mol. The standard InChI is InChI=1S/C27H21NO6S/c1-31-23-6-2-4-16-12-20(27(30)34-25(16)23)19-13-24(29)33-26-18(19)7-8-22-21(26)14-28(15-32-22)10-9-17-5-3-11-35-17/h2-8,11-13H,9-10,14-15H2,1H3. The van der Waals surface area contributed by atoms with Gasteiger partial charge in [0.2, 0.25) is 0 Å². The number of ether oxygens (including phenoxy) is 2. The highest BCUT2D eigenvalue weighted by Gasteiger charge is 2.24. The van der Waals surface area contributed by atoms with Gasteiger partial charge in [0.25, 0.3) is 0 Å². The average Bonchev–Trinajstić information content (AvgIpc) is 3.40. The van der Waals surface area contributed by atoms with Gasteiger partial charge in [0.05, 0.1) is 18.2 Å². The number of thiophene rings is 1. The largest absolute Gasteiger partial charge is 0.493 e. The molecule has 8 heteroatoms. The van der Waals surface area contributed by atoms with Crippen molar-refractivity contribution < 1.29 is 18.3 Å². The van der Waals surface area contributed by atoms with Crippen LogP contribution in [0.2, 0.25) is 0 Å². The third-order valence-corrected chi connectivity index (χ3v) is 7.18. The third kappa shape index (κ3) is 3.90. The summed E-state index contributed by atoms with van der Waals surface area (Å²) in [7, 11) is 1.52. The summed E-state index contributed by atoms with van der Waals surface area (Å²) in [4.78, 5) is 29.1. The van der Waals surface area contributed by atoms with Gasteiger partial charge in [-0.25, -0.2) is 9.59 Å². The molecule has 0 bridgehead atoms. The molecular formula is C27H21NO6S. The number of hydrogen-bond donors (Lipinski definition) is 0. The van der Waals surface area contributed by atoms with Crippen molar-refractivity contribution >= 4 is 33.3 Å². The molecule has 0 saturated heterocycles. The molecule has 4 heterocycles. The van der Waals surface area contributed by atoms with Crippen LogP contribution in [-0.2, 0) is 13.0 Å². The van der Waals surface area contributed by atoms with Crippen LogP contribution in [0.15, 0.2) is 78.4 Å². The highest BCUT2D eigenvalue weighted by Crippen LogP contribution is 2.36. The molecule has 0 unspecified atom stereocenters. The number of hydrogen-bond acceptors (Lipinski definition) is 8. The maximum absolute atomic E-state index is 13.0. The first-order valence-electron chi connectivity index (χ1n) is 11.2. The van der Waals surface area contributed by atoms with Gasteiger partial charge < -0.3 is 18.3 Å². The highest BCUT2D eigenvalue weighted by molar-refractivity contribution is 7.09. The summed E-state index contributed by atoms with van der Waals surface area (Å²) in [5.41, 5.74) is 1.25. The number of fused-ring (bicyclic) bond motifs is 4. The van der Waals surface area contributed by atoms with Crippen molar-refractivity contribution in [1.82, 2.24) is 4.90 Å². The van der Waals surface area contributed by atoms with Gasteiger partial charge in [-0.05, 0) is 42.1 Å². The molecule has 1 aliphatic rings. The van der Waals surface area contributed by atoms with Gasteiger partial charge in [0, 0.05) is 40.4 Å². The minimum absolute atomic E-state index is 0.287. The maximum Gasteiger partial charge on any atom is 0.344 e. The van der Waals surface area contributed by atoms with Gasteiger partial charge in [-0.2, -0.15) is 0 Å². The predicted octanol–water partition coefficient (Wildman–Crippen LogP) is 5.03. The second-order valence-corrected chi connectivity index (χ2v) is 9.41. The molecule has 3 aromatic heterocycles. The predicted molar refractivity (Wildman–Crippen MR) is 134 cm³/mol. The van der Waals surface area contributed by atoms with Crippen LogP contribution >= 0.6 is 11.3 Å². The number of para-hydroxylation sites is 1. The highest BCUT2D eigenvalue weighted by atomic mass is 32.1. The zero-order valence-electron chi connectivity index (χ0n) is 18.9. The van der Waals surface area contributed by atoms with E-state index in [1.54, 1.807) is 23.5 Å². The van der Waals surface area contributed by atoms with E-state index in [0.29, 0.717) is 52.3 Å². The summed E-state index contributed by atoms with van der Waals surface area (Å²) in [5.74, 6) is 1.15. The van der Waals surface area contributed by atoms with Gasteiger partial charge in [-0.1, -0.05) is 18.2 Å². The lowest BCUT2D eigenvalue weighted by molar-refractivity contribution is 0.0970. The topological polar surface area (TPSA) is 82.1 Å². The Morgan fingerprint density at radius 3 is 2.74 bits per heavy atom. The Morgan fingerprint density at radius 1 is 1.00 bits per heavy atom. The lowest BCUT2D eigenvalue weighted by atomic mass is 9.99. The molecule has 0 saturated carbocycles. The van der Waals surface area contributed by atoms with E-state index in [4.69, 9.17) is 18.3 Å². The van der Waals surface area contributed by atoms with Gasteiger partial charge >= 0.3 is 11.3 Å². The van der Waals surface area contributed by atoms with E-state index in [1.807, 2.05) is 30.3 Å². The fourth-order valence-corrected chi connectivity index (χ4v) is 5.23. The molecule has 5 aromatic rings. The van der Waals surface area contributed by atoms with Crippen molar-refractivity contribution in [3.63, 3.8) is 0 Å². The van der Waals surface area contributed by atoms with Crippen LogP contribution in [0.3, 0.4) is 0 Å². The summed E-state index contributed by atoms with van der Waals surface area (Å²) in [5, 5.41) is 3.42. The van der Waals surface area contributed by atoms with Gasteiger partial charge in [0.1, 0.15) is 18.1 Å². The molecule has 1 aliphatic heterocycles. The second kappa shape index (κ2) is 8.72. The van der Waals surface area contributed by atoms with Gasteiger partial charge in [-0.3, -0.25) is 4.90 Å². The zero-order chi connectivity index (χ0) is 23.9. The average molecular weight is 488 g/mol. The number of benzene rings is 2. The van der Waals surface area contributed by atoms with Crippen molar-refractivity contribution in [2.45, 2.75) is 13.0 Å². The van der Waals surface area contributed by atoms with Crippen LogP contribution in [0, 0.1) is 0 Å². The fourth-order valence-electron chi connectivity index (χ4n) is 4.53. The van der Waals surface area contributed by atoms with E-state index in [1.165, 1.54) is 18.1 Å². The SMILES string of the molecule is COc1cccc2cc(-c3cc(=O)oc4c5c(ccc34)OCN(CCc3cccs3)C5)c(=O)oc12. The molecule has 2 aromatic carbocycles. The van der Waals surface area contributed by atoms with Crippen LogP contribution in [0.1, 0.15) is 10.4 Å². The molecule has 176 valence electrons. The molecule has 0 radical (unpaired) electrons. The van der Waals surface area contributed by atoms with Crippen molar-refractivity contribution in [3.8, 4) is 22.6 Å². The first kappa shape index (κ1) is 21.6. The number of nitrogens with zero attached hydrogens (tertiary/aromatic N) is 1. The summed E-state index contributed by atoms with van der Waals surface area (Å²) in [6.45, 7) is 1.86. The van der Waals surface area contributed by atoms with E-state index in [9.17, 15) is 9.59 Å². The molecule has 35 heavy (non-hydrogen) atoms. The van der Waals surface area contributed by atoms with Crippen LogP contribution < -0.4 is 20.7 Å². The summed E-state index contributed by atoms with van der Waals surface area (Å²) < 4.78 is 22.6. The molecule has 0 amide bonds. The Bertz CT molecular complexity index is 1670. The Kier molecular flexibility index (Phi) is 5.39. The van der Waals surface area contributed by atoms with Crippen molar-refractivity contribution in [3.05, 3.63) is 91.3 Å². The Morgan fingerprint density at radius 2 is 1.91 bits per heavy atom. The first-order chi connectivity index (χ1) is 17.1. The van der Waals surface area contributed by atoms with E-state index < -0.39 is 11.3 Å². The minimum atomic E-state index is -0.555. The molecule has 0 spiro atoms. The number of methoxy groups -OCH3 is 1. The Balaban J connectivity index is 1.45. The van der Waals surface area contributed by atoms with Gasteiger partial charge in [0.15, 0.2) is 11.3 Å². The smallest absolute Gasteiger partial charge is 0.344 e. The maximum atomic E-state index is 13.0. The molecule has 7 nitrogen and oxygen atoms in total. The third-order valence-electron chi connectivity index (χ3n) is 6.25. The lowest BCUT2D eigenvalue weighted by Crippen LogP contribution is -2.33. The molecule has 6 rings (SSSR count). The zero-order valence-corrected chi connectivity index (χ0v) is 19.7. The van der Waals surface area contributed by atoms with Crippen LogP contribution in [0.4, 0.5) is 0 Å². The monoisotopic (exact) mass is 487 g/mol. The Labute approximate surface area is 203 Å². The van der Waals surface area contributed by atoms with Crippen molar-refractivity contribution in [1.29, 1.82) is 0 Å². The molecule has 0 fully saturated rings. The summed E-state index contributed by atoms with van der Waals surface area (Å²) in [6, 6.07) is 16.3. The van der Waals surface area contributed by atoms with Crippen molar-refractivity contribution in [2.24, 2.45) is 0 Å². The van der Waals surface area contributed by atoms with E-state index in [-0.39, 0.29) is 5.56 Å². The Hall–Kier alpha value is -3.88. The molecule has 0 atom stereocenters. The number of rotatable bonds is 5. The first-order valence-corrected chi connectivity index (χ1v) is 12.1. The summed E-state index contributed by atoms with van der Waals surface area (Å²) in [6.07, 6.45) is 0.915. The van der Waals surface area contributed by atoms with E-state index in [2.05, 4.69) is 16.3 Å². The quantitative estimate of drug-likeness (QED) is 0.322. The van der Waals surface area contributed by atoms with Crippen LogP contribution in [-0.4, -0.2) is 25.3 Å². The van der Waals surface area contributed by atoms with Crippen LogP contribution in [0.5, 0.6) is 11.5 Å². The van der Waals surface area contributed by atoms with Crippen molar-refractivity contribution in [2.75, 3.05) is 20.4 Å². The minimum Gasteiger partial charge on any atom is -0.493 e.